The number of carbonyl (C=O) groups is 2. The molecular formula is C25H26N2O6. The highest BCUT2D eigenvalue weighted by molar-refractivity contribution is 6.01. The monoisotopic (exact) mass is 450 g/mol. The van der Waals surface area contributed by atoms with Crippen LogP contribution in [-0.2, 0) is 11.3 Å². The van der Waals surface area contributed by atoms with Gasteiger partial charge in [0, 0.05) is 12.2 Å². The molecule has 0 spiro atoms. The van der Waals surface area contributed by atoms with Gasteiger partial charge in [-0.05, 0) is 48.4 Å². The first-order valence-electron chi connectivity index (χ1n) is 10.7. The molecule has 1 aromatic heterocycles. The first-order valence-corrected chi connectivity index (χ1v) is 10.7. The molecule has 1 aliphatic heterocycles. The Morgan fingerprint density at radius 2 is 1.91 bits per heavy atom. The number of rotatable bonds is 8. The number of nitrogens with one attached hydrogen (secondary N) is 1. The van der Waals surface area contributed by atoms with Gasteiger partial charge in [-0.2, -0.15) is 0 Å². The maximum absolute atomic E-state index is 13.1. The zero-order valence-corrected chi connectivity index (χ0v) is 18.8. The molecule has 4 rings (SSSR count). The van der Waals surface area contributed by atoms with Crippen LogP contribution in [0.2, 0.25) is 0 Å². The molecule has 1 unspecified atom stereocenters. The van der Waals surface area contributed by atoms with Crippen molar-refractivity contribution in [2.24, 2.45) is 0 Å². The molecule has 0 aliphatic carbocycles. The van der Waals surface area contributed by atoms with Gasteiger partial charge in [-0.1, -0.05) is 25.1 Å². The van der Waals surface area contributed by atoms with E-state index in [0.29, 0.717) is 29.4 Å². The van der Waals surface area contributed by atoms with Crippen molar-refractivity contribution in [2.45, 2.75) is 26.1 Å². The quantitative estimate of drug-likeness (QED) is 0.501. The van der Waals surface area contributed by atoms with E-state index in [1.54, 1.807) is 19.2 Å². The number of hydrogen-bond donors (Lipinski definition) is 1. The number of fused-ring (bicyclic) bond motifs is 1. The summed E-state index contributed by atoms with van der Waals surface area (Å²) >= 11 is 0. The van der Waals surface area contributed by atoms with E-state index in [9.17, 15) is 9.59 Å². The van der Waals surface area contributed by atoms with Gasteiger partial charge in [-0.3, -0.25) is 4.79 Å². The normalized spacial score (nSPS) is 14.9. The lowest BCUT2D eigenvalue weighted by Crippen LogP contribution is -2.43. The van der Waals surface area contributed by atoms with Crippen molar-refractivity contribution in [1.29, 1.82) is 0 Å². The topological polar surface area (TPSA) is 90.2 Å². The molecule has 2 aromatic carbocycles. The largest absolute Gasteiger partial charge is 0.493 e. The number of methoxy groups -OCH3 is 2. The summed E-state index contributed by atoms with van der Waals surface area (Å²) in [6.45, 7) is 2.78. The Kier molecular flexibility index (Phi) is 6.53. The van der Waals surface area contributed by atoms with Crippen LogP contribution in [0.5, 0.6) is 11.5 Å². The minimum Gasteiger partial charge on any atom is -0.493 e. The third kappa shape index (κ3) is 4.50. The van der Waals surface area contributed by atoms with Crippen molar-refractivity contribution in [3.05, 3.63) is 77.2 Å². The number of nitrogens with zero attached hydrogens (tertiary/aromatic N) is 1. The minimum atomic E-state index is -0.545. The Morgan fingerprint density at radius 1 is 1.09 bits per heavy atom. The number of furan rings is 1. The van der Waals surface area contributed by atoms with Gasteiger partial charge in [0.2, 0.25) is 5.76 Å². The summed E-state index contributed by atoms with van der Waals surface area (Å²) in [7, 11) is 2.86. The van der Waals surface area contributed by atoms with Crippen molar-refractivity contribution >= 4 is 17.6 Å². The Balaban J connectivity index is 1.56. The van der Waals surface area contributed by atoms with Gasteiger partial charge >= 0.3 is 5.97 Å². The number of carbonyl (C=O) groups excluding carboxylic acids is 2. The molecule has 0 saturated heterocycles. The third-order valence-electron chi connectivity index (χ3n) is 5.41. The highest BCUT2D eigenvalue weighted by atomic mass is 16.5. The maximum Gasteiger partial charge on any atom is 0.373 e. The summed E-state index contributed by atoms with van der Waals surface area (Å²) in [6, 6.07) is 16.3. The molecule has 1 amide bonds. The zero-order chi connectivity index (χ0) is 23.4. The molecule has 8 heteroatoms. The number of ether oxygens (including phenoxy) is 3. The second-order valence-electron chi connectivity index (χ2n) is 7.55. The van der Waals surface area contributed by atoms with Gasteiger partial charge in [0.05, 0.1) is 19.8 Å². The fourth-order valence-electron chi connectivity index (χ4n) is 3.82. The number of esters is 1. The van der Waals surface area contributed by atoms with E-state index in [4.69, 9.17) is 13.9 Å². The highest BCUT2D eigenvalue weighted by Crippen LogP contribution is 2.37. The van der Waals surface area contributed by atoms with Crippen molar-refractivity contribution in [1.82, 2.24) is 4.90 Å². The van der Waals surface area contributed by atoms with E-state index < -0.39 is 5.97 Å². The molecule has 33 heavy (non-hydrogen) atoms. The molecule has 3 aromatic rings. The van der Waals surface area contributed by atoms with Crippen LogP contribution in [0.25, 0.3) is 0 Å². The first kappa shape index (κ1) is 22.3. The summed E-state index contributed by atoms with van der Waals surface area (Å²) in [4.78, 5) is 26.5. The summed E-state index contributed by atoms with van der Waals surface area (Å²) in [5, 5.41) is 3.48. The zero-order valence-electron chi connectivity index (χ0n) is 18.8. The van der Waals surface area contributed by atoms with Crippen LogP contribution in [0.3, 0.4) is 0 Å². The SMILES string of the molecule is CCCN1C(=O)c2ccccc2NC1c1ccc(OCc2ccc(C(=O)OC)o2)c(OC)c1. The highest BCUT2D eigenvalue weighted by Gasteiger charge is 2.32. The predicted molar refractivity (Wildman–Crippen MR) is 122 cm³/mol. The predicted octanol–water partition coefficient (Wildman–Crippen LogP) is 4.63. The Labute approximate surface area is 192 Å². The van der Waals surface area contributed by atoms with Gasteiger partial charge < -0.3 is 28.8 Å². The lowest BCUT2D eigenvalue weighted by Gasteiger charge is -2.38. The molecule has 0 fully saturated rings. The van der Waals surface area contributed by atoms with Crippen LogP contribution in [0, 0.1) is 0 Å². The van der Waals surface area contributed by atoms with Gasteiger partial charge in [0.15, 0.2) is 11.5 Å². The summed E-state index contributed by atoms with van der Waals surface area (Å²) in [6.07, 6.45) is 0.504. The van der Waals surface area contributed by atoms with Crippen molar-refractivity contribution < 1.29 is 28.2 Å². The number of hydrogen-bond acceptors (Lipinski definition) is 7. The molecule has 0 saturated carbocycles. The van der Waals surface area contributed by atoms with Crippen LogP contribution >= 0.6 is 0 Å². The molecular weight excluding hydrogens is 424 g/mol. The van der Waals surface area contributed by atoms with Crippen LogP contribution in [0.15, 0.2) is 59.0 Å². The summed E-state index contributed by atoms with van der Waals surface area (Å²) in [5.74, 6) is 1.08. The molecule has 0 radical (unpaired) electrons. The van der Waals surface area contributed by atoms with Crippen molar-refractivity contribution in [3.63, 3.8) is 0 Å². The smallest absolute Gasteiger partial charge is 0.373 e. The minimum absolute atomic E-state index is 0.00489. The van der Waals surface area contributed by atoms with E-state index in [1.165, 1.54) is 13.2 Å². The fourth-order valence-corrected chi connectivity index (χ4v) is 3.82. The van der Waals surface area contributed by atoms with E-state index >= 15 is 0 Å². The Hall–Kier alpha value is -3.94. The first-order chi connectivity index (χ1) is 16.0. The van der Waals surface area contributed by atoms with Crippen LogP contribution < -0.4 is 14.8 Å². The number of para-hydroxylation sites is 1. The molecule has 172 valence electrons. The summed E-state index contributed by atoms with van der Waals surface area (Å²) < 4.78 is 21.5. The fraction of sp³-hybridized carbons (Fsp3) is 0.280. The molecule has 1 aliphatic rings. The maximum atomic E-state index is 13.1. The van der Waals surface area contributed by atoms with Gasteiger partial charge in [-0.25, -0.2) is 4.79 Å². The average Bonchev–Trinajstić information content (AvgIpc) is 3.33. The average molecular weight is 450 g/mol. The lowest BCUT2D eigenvalue weighted by molar-refractivity contribution is 0.0560. The molecule has 2 heterocycles. The van der Waals surface area contributed by atoms with Gasteiger partial charge in [0.1, 0.15) is 18.5 Å². The second-order valence-corrected chi connectivity index (χ2v) is 7.55. The molecule has 1 atom stereocenters. The van der Waals surface area contributed by atoms with Gasteiger partial charge in [0.25, 0.3) is 5.91 Å². The standard InChI is InChI=1S/C25H26N2O6/c1-4-13-27-23(26-19-8-6-5-7-18(19)24(27)28)16-9-11-20(22(14-16)30-2)32-15-17-10-12-21(33-17)25(29)31-3/h5-12,14,23,26H,4,13,15H2,1-3H3. The van der Waals surface area contributed by atoms with E-state index in [0.717, 1.165) is 17.7 Å². The Bertz CT molecular complexity index is 1160. The lowest BCUT2D eigenvalue weighted by atomic mass is 10.0. The van der Waals surface area contributed by atoms with Crippen molar-refractivity contribution in [2.75, 3.05) is 26.1 Å². The van der Waals surface area contributed by atoms with Crippen LogP contribution in [0.1, 0.15) is 51.7 Å². The van der Waals surface area contributed by atoms with Crippen LogP contribution in [-0.4, -0.2) is 37.5 Å². The molecule has 0 bridgehead atoms. The molecule has 1 N–H and O–H groups in total. The van der Waals surface area contributed by atoms with Crippen molar-refractivity contribution in [3.8, 4) is 11.5 Å². The van der Waals surface area contributed by atoms with Gasteiger partial charge in [-0.15, -0.1) is 0 Å². The number of anilines is 1. The van der Waals surface area contributed by atoms with E-state index in [-0.39, 0.29) is 24.4 Å². The van der Waals surface area contributed by atoms with Crippen LogP contribution in [0.4, 0.5) is 5.69 Å². The van der Waals surface area contributed by atoms with E-state index in [2.05, 4.69) is 10.1 Å². The Morgan fingerprint density at radius 3 is 2.67 bits per heavy atom. The molecule has 8 nitrogen and oxygen atoms in total. The third-order valence-corrected chi connectivity index (χ3v) is 5.41. The number of benzene rings is 2. The summed E-state index contributed by atoms with van der Waals surface area (Å²) in [5.41, 5.74) is 2.35. The second kappa shape index (κ2) is 9.68. The number of amides is 1. The van der Waals surface area contributed by atoms with E-state index in [1.807, 2.05) is 48.2 Å².